The van der Waals surface area contributed by atoms with Crippen molar-refractivity contribution in [1.82, 2.24) is 4.98 Å². The Morgan fingerprint density at radius 2 is 2.25 bits per heavy atom. The highest BCUT2D eigenvalue weighted by molar-refractivity contribution is 7.90. The van der Waals surface area contributed by atoms with Crippen LogP contribution in [0.2, 0.25) is 0 Å². The Labute approximate surface area is 71.3 Å². The van der Waals surface area contributed by atoms with Crippen LogP contribution < -0.4 is 5.73 Å². The van der Waals surface area contributed by atoms with Gasteiger partial charge in [-0.15, -0.1) is 0 Å². The Bertz CT molecular complexity index is 347. The van der Waals surface area contributed by atoms with Crippen molar-refractivity contribution in [2.24, 2.45) is 5.73 Å². The van der Waals surface area contributed by atoms with E-state index >= 15 is 0 Å². The quantitative estimate of drug-likeness (QED) is 0.710. The second kappa shape index (κ2) is 3.20. The van der Waals surface area contributed by atoms with Crippen molar-refractivity contribution in [2.75, 3.05) is 6.26 Å². The highest BCUT2D eigenvalue weighted by Gasteiger charge is 2.16. The van der Waals surface area contributed by atoms with Crippen molar-refractivity contribution in [3.8, 4) is 0 Å². The molecule has 0 radical (unpaired) electrons. The van der Waals surface area contributed by atoms with E-state index in [4.69, 9.17) is 5.73 Å². The minimum absolute atomic E-state index is 0.514. The smallest absolute Gasteiger partial charge is 0.167 e. The van der Waals surface area contributed by atoms with E-state index in [1.165, 1.54) is 6.20 Å². The fourth-order valence-corrected chi connectivity index (χ4v) is 1.43. The molecular weight excluding hydrogens is 176 g/mol. The summed E-state index contributed by atoms with van der Waals surface area (Å²) < 4.78 is 22.0. The summed E-state index contributed by atoms with van der Waals surface area (Å²) in [6.07, 6.45) is 4.12. The van der Waals surface area contributed by atoms with Crippen LogP contribution in [0.25, 0.3) is 0 Å². The number of hydrogen-bond acceptors (Lipinski definition) is 4. The number of hydrogen-bond donors (Lipinski definition) is 1. The van der Waals surface area contributed by atoms with Gasteiger partial charge in [-0.3, -0.25) is 4.98 Å². The van der Waals surface area contributed by atoms with Crippen LogP contribution in [0.15, 0.2) is 24.5 Å². The second-order valence-corrected chi connectivity index (χ2v) is 4.70. The number of rotatable bonds is 2. The third kappa shape index (κ3) is 2.02. The summed E-state index contributed by atoms with van der Waals surface area (Å²) in [5, 5.41) is -0.966. The lowest BCUT2D eigenvalue weighted by Crippen LogP contribution is -2.20. The first-order valence-corrected chi connectivity index (χ1v) is 5.31. The molecule has 2 N–H and O–H groups in total. The van der Waals surface area contributed by atoms with E-state index in [9.17, 15) is 8.42 Å². The van der Waals surface area contributed by atoms with Crippen molar-refractivity contribution in [3.63, 3.8) is 0 Å². The van der Waals surface area contributed by atoms with E-state index in [1.54, 1.807) is 18.3 Å². The second-order valence-electron chi connectivity index (χ2n) is 2.54. The largest absolute Gasteiger partial charge is 0.311 e. The summed E-state index contributed by atoms with van der Waals surface area (Å²) in [6, 6.07) is 3.29. The molecule has 4 nitrogen and oxygen atoms in total. The number of pyridine rings is 1. The van der Waals surface area contributed by atoms with Crippen LogP contribution in [-0.4, -0.2) is 19.7 Å². The third-order valence-electron chi connectivity index (χ3n) is 1.47. The van der Waals surface area contributed by atoms with Crippen LogP contribution in [0.1, 0.15) is 10.9 Å². The summed E-state index contributed by atoms with van der Waals surface area (Å²) in [4.78, 5) is 3.77. The number of sulfone groups is 1. The first-order valence-electron chi connectivity index (χ1n) is 3.36. The lowest BCUT2D eigenvalue weighted by atomic mass is 10.3. The number of nitrogens with zero attached hydrogens (tertiary/aromatic N) is 1. The first kappa shape index (κ1) is 9.15. The zero-order valence-corrected chi connectivity index (χ0v) is 7.45. The molecule has 0 aromatic carbocycles. The molecule has 0 bridgehead atoms. The minimum Gasteiger partial charge on any atom is -0.311 e. The van der Waals surface area contributed by atoms with Crippen molar-refractivity contribution in [1.29, 1.82) is 0 Å². The summed E-state index contributed by atoms with van der Waals surface area (Å²) in [5.74, 6) is 0. The van der Waals surface area contributed by atoms with Gasteiger partial charge in [0.25, 0.3) is 0 Å². The molecule has 5 heteroatoms. The van der Waals surface area contributed by atoms with Crippen molar-refractivity contribution >= 4 is 9.84 Å². The van der Waals surface area contributed by atoms with Crippen LogP contribution in [0.5, 0.6) is 0 Å². The SMILES string of the molecule is CS(=O)(=O)C(N)c1cccnc1. The molecule has 12 heavy (non-hydrogen) atoms. The lowest BCUT2D eigenvalue weighted by Gasteiger charge is -2.07. The fraction of sp³-hybridized carbons (Fsp3) is 0.286. The van der Waals surface area contributed by atoms with Crippen LogP contribution >= 0.6 is 0 Å². The average Bonchev–Trinajstić information content (AvgIpc) is 2.03. The molecule has 1 unspecified atom stereocenters. The standard InChI is InChI=1S/C7H10N2O2S/c1-12(10,11)7(8)6-3-2-4-9-5-6/h2-5,7H,8H2,1H3. The maximum Gasteiger partial charge on any atom is 0.167 e. The van der Waals surface area contributed by atoms with E-state index in [1.807, 2.05) is 0 Å². The average molecular weight is 186 g/mol. The summed E-state index contributed by atoms with van der Waals surface area (Å²) in [7, 11) is -3.22. The topological polar surface area (TPSA) is 73.0 Å². The molecule has 1 rings (SSSR count). The van der Waals surface area contributed by atoms with Gasteiger partial charge >= 0.3 is 0 Å². The van der Waals surface area contributed by atoms with Crippen LogP contribution in [-0.2, 0) is 9.84 Å². The number of aromatic nitrogens is 1. The monoisotopic (exact) mass is 186 g/mol. The van der Waals surface area contributed by atoms with Gasteiger partial charge in [0.2, 0.25) is 0 Å². The molecule has 0 saturated heterocycles. The normalized spacial score (nSPS) is 14.2. The van der Waals surface area contributed by atoms with E-state index in [-0.39, 0.29) is 0 Å². The van der Waals surface area contributed by atoms with Gasteiger partial charge < -0.3 is 5.73 Å². The maximum atomic E-state index is 11.0. The van der Waals surface area contributed by atoms with Gasteiger partial charge in [0.05, 0.1) is 0 Å². The van der Waals surface area contributed by atoms with Crippen LogP contribution in [0, 0.1) is 0 Å². The van der Waals surface area contributed by atoms with Gasteiger partial charge in [0.1, 0.15) is 5.37 Å². The predicted molar refractivity (Wildman–Crippen MR) is 46.0 cm³/mol. The summed E-state index contributed by atoms with van der Waals surface area (Å²) in [6.45, 7) is 0. The molecule has 0 aliphatic rings. The van der Waals surface area contributed by atoms with E-state index < -0.39 is 15.2 Å². The molecule has 0 amide bonds. The molecule has 0 aliphatic heterocycles. The van der Waals surface area contributed by atoms with Crippen molar-refractivity contribution in [2.45, 2.75) is 5.37 Å². The van der Waals surface area contributed by atoms with Gasteiger partial charge in [-0.1, -0.05) is 6.07 Å². The van der Waals surface area contributed by atoms with Crippen LogP contribution in [0.3, 0.4) is 0 Å². The van der Waals surface area contributed by atoms with Gasteiger partial charge in [0.15, 0.2) is 9.84 Å². The van der Waals surface area contributed by atoms with Gasteiger partial charge in [-0.25, -0.2) is 8.42 Å². The Hall–Kier alpha value is -0.940. The predicted octanol–water partition coefficient (Wildman–Crippen LogP) is 0.0835. The zero-order chi connectivity index (χ0) is 9.19. The molecule has 1 heterocycles. The molecular formula is C7H10N2O2S. The minimum atomic E-state index is -3.22. The van der Waals surface area contributed by atoms with Crippen molar-refractivity contribution < 1.29 is 8.42 Å². The zero-order valence-electron chi connectivity index (χ0n) is 6.64. The van der Waals surface area contributed by atoms with Gasteiger partial charge in [0, 0.05) is 24.2 Å². The molecule has 0 fully saturated rings. The third-order valence-corrected chi connectivity index (χ3v) is 2.67. The maximum absolute atomic E-state index is 11.0. The van der Waals surface area contributed by atoms with E-state index in [0.29, 0.717) is 5.56 Å². The fourth-order valence-electron chi connectivity index (χ4n) is 0.791. The van der Waals surface area contributed by atoms with Gasteiger partial charge in [-0.2, -0.15) is 0 Å². The Morgan fingerprint density at radius 3 is 2.67 bits per heavy atom. The highest BCUT2D eigenvalue weighted by atomic mass is 32.2. The molecule has 1 aromatic rings. The summed E-state index contributed by atoms with van der Waals surface area (Å²) in [5.41, 5.74) is 5.96. The van der Waals surface area contributed by atoms with Gasteiger partial charge in [-0.05, 0) is 6.07 Å². The Morgan fingerprint density at radius 1 is 1.58 bits per heavy atom. The molecule has 1 aromatic heterocycles. The molecule has 0 aliphatic carbocycles. The number of nitrogens with two attached hydrogens (primary N) is 1. The van der Waals surface area contributed by atoms with E-state index in [2.05, 4.69) is 4.98 Å². The molecule has 0 saturated carbocycles. The molecule has 66 valence electrons. The highest BCUT2D eigenvalue weighted by Crippen LogP contribution is 2.13. The Balaban J connectivity index is 3.02. The van der Waals surface area contributed by atoms with E-state index in [0.717, 1.165) is 6.26 Å². The molecule has 1 atom stereocenters. The van der Waals surface area contributed by atoms with Crippen molar-refractivity contribution in [3.05, 3.63) is 30.1 Å². The Kier molecular flexibility index (Phi) is 2.44. The lowest BCUT2D eigenvalue weighted by molar-refractivity contribution is 0.589. The first-order chi connectivity index (χ1) is 5.52. The van der Waals surface area contributed by atoms with Crippen LogP contribution in [0.4, 0.5) is 0 Å². The molecule has 0 spiro atoms. The summed E-state index contributed by atoms with van der Waals surface area (Å²) >= 11 is 0.